The minimum Gasteiger partial charge on any atom is -0.364 e. The maximum Gasteiger partial charge on any atom is 0.268 e. The predicted molar refractivity (Wildman–Crippen MR) is 95.5 cm³/mol. The van der Waals surface area contributed by atoms with E-state index in [1.807, 2.05) is 31.2 Å². The van der Waals surface area contributed by atoms with Crippen molar-refractivity contribution in [2.75, 3.05) is 16.8 Å². The van der Waals surface area contributed by atoms with Gasteiger partial charge in [0.15, 0.2) is 5.13 Å². The van der Waals surface area contributed by atoms with Gasteiger partial charge < -0.3 is 16.0 Å². The van der Waals surface area contributed by atoms with Crippen LogP contribution in [-0.2, 0) is 16.0 Å². The van der Waals surface area contributed by atoms with Gasteiger partial charge in [0.2, 0.25) is 11.8 Å². The third-order valence-electron chi connectivity index (χ3n) is 4.15. The summed E-state index contributed by atoms with van der Waals surface area (Å²) in [6.45, 7) is 2.36. The minimum atomic E-state index is -0.643. The van der Waals surface area contributed by atoms with Crippen LogP contribution in [0.4, 0.5) is 10.8 Å². The number of nitrogens with zero attached hydrogens (tertiary/aromatic N) is 2. The Balaban J connectivity index is 1.71. The van der Waals surface area contributed by atoms with Crippen molar-refractivity contribution in [1.29, 1.82) is 0 Å². The van der Waals surface area contributed by atoms with E-state index in [-0.39, 0.29) is 23.9 Å². The average molecular weight is 358 g/mol. The summed E-state index contributed by atoms with van der Waals surface area (Å²) in [5, 5.41) is 4.45. The van der Waals surface area contributed by atoms with Crippen LogP contribution in [0.2, 0.25) is 0 Å². The molecule has 1 aliphatic rings. The third kappa shape index (κ3) is 3.53. The smallest absolute Gasteiger partial charge is 0.268 e. The number of primary amides is 1. The molecule has 8 heteroatoms. The highest BCUT2D eigenvalue weighted by Gasteiger charge is 2.36. The first-order valence-electron chi connectivity index (χ1n) is 7.94. The second-order valence-corrected chi connectivity index (χ2v) is 6.64. The molecular formula is C17H18N4O3S. The van der Waals surface area contributed by atoms with Crippen LogP contribution in [0, 0.1) is 5.92 Å². The van der Waals surface area contributed by atoms with E-state index in [4.69, 9.17) is 5.73 Å². The molecule has 3 rings (SSSR count). The van der Waals surface area contributed by atoms with Crippen molar-refractivity contribution in [2.45, 2.75) is 19.8 Å². The molecule has 1 saturated heterocycles. The van der Waals surface area contributed by atoms with Crippen LogP contribution in [-0.4, -0.2) is 29.3 Å². The van der Waals surface area contributed by atoms with Crippen LogP contribution in [0.1, 0.15) is 29.4 Å². The van der Waals surface area contributed by atoms with Gasteiger partial charge in [0.1, 0.15) is 5.69 Å². The van der Waals surface area contributed by atoms with Gasteiger partial charge in [-0.2, -0.15) is 0 Å². The molecule has 1 aromatic heterocycles. The second-order valence-electron chi connectivity index (χ2n) is 5.78. The van der Waals surface area contributed by atoms with Crippen LogP contribution in [0.3, 0.4) is 0 Å². The Morgan fingerprint density at radius 3 is 2.84 bits per heavy atom. The summed E-state index contributed by atoms with van der Waals surface area (Å²) in [6, 6.07) is 7.70. The van der Waals surface area contributed by atoms with Crippen LogP contribution >= 0.6 is 11.3 Å². The quantitative estimate of drug-likeness (QED) is 0.850. The van der Waals surface area contributed by atoms with Gasteiger partial charge in [-0.1, -0.05) is 25.1 Å². The molecule has 0 bridgehead atoms. The van der Waals surface area contributed by atoms with Crippen molar-refractivity contribution >= 4 is 39.9 Å². The lowest BCUT2D eigenvalue weighted by atomic mass is 10.1. The Hall–Kier alpha value is -2.74. The summed E-state index contributed by atoms with van der Waals surface area (Å²) >= 11 is 1.13. The summed E-state index contributed by atoms with van der Waals surface area (Å²) in [5.74, 6) is -1.46. The lowest BCUT2D eigenvalue weighted by Gasteiger charge is -2.19. The third-order valence-corrected chi connectivity index (χ3v) is 4.90. The first-order chi connectivity index (χ1) is 12.0. The van der Waals surface area contributed by atoms with E-state index in [0.717, 1.165) is 29.0 Å². The van der Waals surface area contributed by atoms with E-state index in [2.05, 4.69) is 10.3 Å². The highest BCUT2D eigenvalue weighted by Crippen LogP contribution is 2.29. The number of thiazole rings is 1. The molecule has 7 nitrogen and oxygen atoms in total. The fraction of sp³-hybridized carbons (Fsp3) is 0.294. The highest BCUT2D eigenvalue weighted by molar-refractivity contribution is 7.14. The Bertz CT molecular complexity index is 833. The van der Waals surface area contributed by atoms with Crippen molar-refractivity contribution in [3.05, 3.63) is 40.9 Å². The van der Waals surface area contributed by atoms with Gasteiger partial charge in [-0.3, -0.25) is 14.4 Å². The monoisotopic (exact) mass is 358 g/mol. The number of nitrogens with two attached hydrogens (primary N) is 1. The van der Waals surface area contributed by atoms with Crippen molar-refractivity contribution in [1.82, 2.24) is 4.98 Å². The molecule has 1 unspecified atom stereocenters. The molecule has 0 radical (unpaired) electrons. The lowest BCUT2D eigenvalue weighted by Crippen LogP contribution is -2.28. The Morgan fingerprint density at radius 2 is 2.16 bits per heavy atom. The molecule has 0 spiro atoms. The van der Waals surface area contributed by atoms with E-state index in [1.54, 1.807) is 4.90 Å². The maximum absolute atomic E-state index is 12.4. The lowest BCUT2D eigenvalue weighted by molar-refractivity contribution is -0.122. The van der Waals surface area contributed by atoms with E-state index >= 15 is 0 Å². The number of amides is 3. The van der Waals surface area contributed by atoms with E-state index in [1.165, 1.54) is 5.38 Å². The van der Waals surface area contributed by atoms with Gasteiger partial charge in [0, 0.05) is 24.0 Å². The van der Waals surface area contributed by atoms with Crippen molar-refractivity contribution in [2.24, 2.45) is 11.7 Å². The first-order valence-corrected chi connectivity index (χ1v) is 8.82. The number of rotatable bonds is 5. The number of nitrogens with one attached hydrogen (secondary N) is 1. The van der Waals surface area contributed by atoms with Gasteiger partial charge in [0.05, 0.1) is 5.92 Å². The van der Waals surface area contributed by atoms with Crippen LogP contribution in [0.15, 0.2) is 29.6 Å². The van der Waals surface area contributed by atoms with Crippen molar-refractivity contribution in [3.8, 4) is 0 Å². The van der Waals surface area contributed by atoms with Gasteiger partial charge in [-0.25, -0.2) is 4.98 Å². The number of hydrogen-bond acceptors (Lipinski definition) is 5. The van der Waals surface area contributed by atoms with Gasteiger partial charge >= 0.3 is 0 Å². The number of carbonyl (C=O) groups excluding carboxylic acids is 3. The topological polar surface area (TPSA) is 105 Å². The predicted octanol–water partition coefficient (Wildman–Crippen LogP) is 1.80. The Labute approximate surface area is 148 Å². The van der Waals surface area contributed by atoms with Gasteiger partial charge in [-0.15, -0.1) is 11.3 Å². The zero-order valence-electron chi connectivity index (χ0n) is 13.7. The number of para-hydroxylation sites is 1. The number of benzene rings is 1. The first kappa shape index (κ1) is 17.1. The van der Waals surface area contributed by atoms with Gasteiger partial charge in [-0.05, 0) is 18.1 Å². The molecule has 3 N–H and O–H groups in total. The van der Waals surface area contributed by atoms with Crippen molar-refractivity contribution < 1.29 is 14.4 Å². The molecule has 2 heterocycles. The number of carbonyl (C=O) groups is 3. The molecule has 130 valence electrons. The van der Waals surface area contributed by atoms with Crippen LogP contribution in [0.25, 0.3) is 0 Å². The van der Waals surface area contributed by atoms with Crippen molar-refractivity contribution in [3.63, 3.8) is 0 Å². The molecule has 0 saturated carbocycles. The molecule has 1 aliphatic heterocycles. The summed E-state index contributed by atoms with van der Waals surface area (Å²) in [5.41, 5.74) is 7.19. The van der Waals surface area contributed by atoms with E-state index in [9.17, 15) is 14.4 Å². The Kier molecular flexibility index (Phi) is 4.80. The normalized spacial score (nSPS) is 16.9. The molecule has 2 aromatic rings. The van der Waals surface area contributed by atoms with Crippen LogP contribution in [0.5, 0.6) is 0 Å². The largest absolute Gasteiger partial charge is 0.364 e. The summed E-state index contributed by atoms with van der Waals surface area (Å²) < 4.78 is 0. The second kappa shape index (κ2) is 7.02. The average Bonchev–Trinajstić information content (AvgIpc) is 3.21. The molecule has 3 amide bonds. The molecule has 0 aliphatic carbocycles. The maximum atomic E-state index is 12.4. The zero-order chi connectivity index (χ0) is 18.0. The molecule has 1 fully saturated rings. The number of aryl methyl sites for hydroxylation is 1. The van der Waals surface area contributed by atoms with Gasteiger partial charge in [0.25, 0.3) is 5.91 Å². The summed E-state index contributed by atoms with van der Waals surface area (Å²) in [7, 11) is 0. The molecule has 25 heavy (non-hydrogen) atoms. The fourth-order valence-electron chi connectivity index (χ4n) is 2.84. The SMILES string of the molecule is CCc1ccccc1N1CC(C(=O)Nc2nc(C(N)=O)cs2)CC1=O. The highest BCUT2D eigenvalue weighted by atomic mass is 32.1. The summed E-state index contributed by atoms with van der Waals surface area (Å²) in [4.78, 5) is 41.5. The molecule has 1 atom stereocenters. The number of anilines is 2. The van der Waals surface area contributed by atoms with E-state index < -0.39 is 11.8 Å². The van der Waals surface area contributed by atoms with E-state index in [0.29, 0.717) is 11.7 Å². The summed E-state index contributed by atoms with van der Waals surface area (Å²) in [6.07, 6.45) is 0.962. The molecule has 1 aromatic carbocycles. The number of hydrogen-bond donors (Lipinski definition) is 2. The number of aromatic nitrogens is 1. The van der Waals surface area contributed by atoms with Crippen LogP contribution < -0.4 is 16.0 Å². The Morgan fingerprint density at radius 1 is 1.40 bits per heavy atom. The fourth-order valence-corrected chi connectivity index (χ4v) is 3.54. The minimum absolute atomic E-state index is 0.0713. The standard InChI is InChI=1S/C17H18N4O3S/c1-2-10-5-3-4-6-13(10)21-8-11(7-14(21)22)16(24)20-17-19-12(9-25-17)15(18)23/h3-6,9,11H,2,7-8H2,1H3,(H2,18,23)(H,19,20,24). The zero-order valence-corrected chi connectivity index (χ0v) is 14.5. The molecular weight excluding hydrogens is 340 g/mol.